The van der Waals surface area contributed by atoms with Crippen LogP contribution in [0.2, 0.25) is 5.02 Å². The molecule has 1 amide bonds. The number of nitrogens with zero attached hydrogens (tertiary/aromatic N) is 4. The van der Waals surface area contributed by atoms with Gasteiger partial charge < -0.3 is 5.32 Å². The van der Waals surface area contributed by atoms with Crippen LogP contribution in [0.5, 0.6) is 0 Å². The molecule has 1 heterocycles. The van der Waals surface area contributed by atoms with Crippen LogP contribution in [0.15, 0.2) is 55.1 Å². The van der Waals surface area contributed by atoms with Crippen LogP contribution in [0.25, 0.3) is 5.69 Å². The van der Waals surface area contributed by atoms with E-state index in [1.165, 1.54) is 41.6 Å². The maximum Gasteiger partial charge on any atom is 0.269 e. The Kier molecular flexibility index (Phi) is 4.21. The van der Waals surface area contributed by atoms with Crippen molar-refractivity contribution in [1.29, 1.82) is 0 Å². The Morgan fingerprint density at radius 1 is 1.21 bits per heavy atom. The molecule has 0 spiro atoms. The van der Waals surface area contributed by atoms with E-state index in [0.29, 0.717) is 16.4 Å². The molecule has 0 aliphatic rings. The zero-order chi connectivity index (χ0) is 17.1. The number of non-ortho nitro benzene ring substituents is 1. The van der Waals surface area contributed by atoms with Gasteiger partial charge in [0.05, 0.1) is 16.3 Å². The van der Waals surface area contributed by atoms with E-state index in [9.17, 15) is 14.9 Å². The van der Waals surface area contributed by atoms with E-state index in [1.54, 1.807) is 18.2 Å². The average molecular weight is 344 g/mol. The fraction of sp³-hybridized carbons (Fsp3) is 0. The molecule has 0 bridgehead atoms. The largest absolute Gasteiger partial charge is 0.320 e. The Labute approximate surface area is 140 Å². The highest BCUT2D eigenvalue weighted by Crippen LogP contribution is 2.24. The number of nitrogens with one attached hydrogen (secondary N) is 1. The summed E-state index contributed by atoms with van der Waals surface area (Å²) in [6.45, 7) is 0. The Balaban J connectivity index is 1.89. The average Bonchev–Trinajstić information content (AvgIpc) is 3.09. The lowest BCUT2D eigenvalue weighted by Crippen LogP contribution is -2.14. The molecule has 2 aromatic carbocycles. The van der Waals surface area contributed by atoms with Gasteiger partial charge in [0.25, 0.3) is 11.6 Å². The molecule has 9 heteroatoms. The predicted octanol–water partition coefficient (Wildman–Crippen LogP) is 3.08. The minimum absolute atomic E-state index is 0.0855. The molecular formula is C15H10ClN5O3. The normalized spacial score (nSPS) is 10.4. The van der Waals surface area contributed by atoms with Gasteiger partial charge in [0.1, 0.15) is 12.7 Å². The van der Waals surface area contributed by atoms with E-state index >= 15 is 0 Å². The van der Waals surface area contributed by atoms with Crippen LogP contribution in [-0.4, -0.2) is 25.6 Å². The van der Waals surface area contributed by atoms with Crippen LogP contribution in [0.1, 0.15) is 10.4 Å². The number of nitro groups is 1. The molecule has 0 radical (unpaired) electrons. The zero-order valence-corrected chi connectivity index (χ0v) is 12.8. The molecule has 0 fully saturated rings. The SMILES string of the molecule is O=C(Nc1cc(Cl)ccc1-n1cncn1)c1ccc([N+](=O)[O-])cc1. The maximum atomic E-state index is 12.4. The number of anilines is 1. The Morgan fingerprint density at radius 2 is 1.96 bits per heavy atom. The third-order valence-electron chi connectivity index (χ3n) is 3.21. The first-order valence-electron chi connectivity index (χ1n) is 6.75. The van der Waals surface area contributed by atoms with E-state index in [1.807, 2.05) is 0 Å². The highest BCUT2D eigenvalue weighted by Gasteiger charge is 2.13. The van der Waals surface area contributed by atoms with Gasteiger partial charge in [-0.3, -0.25) is 14.9 Å². The number of halogens is 1. The van der Waals surface area contributed by atoms with Gasteiger partial charge >= 0.3 is 0 Å². The van der Waals surface area contributed by atoms with Gasteiger partial charge in [-0.25, -0.2) is 9.67 Å². The molecule has 0 aliphatic heterocycles. The van der Waals surface area contributed by atoms with Crippen molar-refractivity contribution < 1.29 is 9.72 Å². The van der Waals surface area contributed by atoms with Crippen molar-refractivity contribution >= 4 is 28.9 Å². The molecule has 120 valence electrons. The fourth-order valence-corrected chi connectivity index (χ4v) is 2.24. The van der Waals surface area contributed by atoms with Crippen LogP contribution < -0.4 is 5.32 Å². The van der Waals surface area contributed by atoms with E-state index < -0.39 is 10.8 Å². The molecular weight excluding hydrogens is 334 g/mol. The van der Waals surface area contributed by atoms with Crippen LogP contribution in [0, 0.1) is 10.1 Å². The Morgan fingerprint density at radius 3 is 2.58 bits per heavy atom. The number of hydrogen-bond donors (Lipinski definition) is 1. The molecule has 0 saturated carbocycles. The topological polar surface area (TPSA) is 103 Å². The number of carbonyl (C=O) groups is 1. The molecule has 0 aliphatic carbocycles. The van der Waals surface area contributed by atoms with Crippen molar-refractivity contribution in [3.05, 3.63) is 75.8 Å². The highest BCUT2D eigenvalue weighted by atomic mass is 35.5. The molecule has 0 saturated heterocycles. The van der Waals surface area contributed by atoms with Gasteiger partial charge in [0.2, 0.25) is 0 Å². The minimum atomic E-state index is -0.526. The summed E-state index contributed by atoms with van der Waals surface area (Å²) in [6, 6.07) is 10.3. The highest BCUT2D eigenvalue weighted by molar-refractivity contribution is 6.31. The summed E-state index contributed by atoms with van der Waals surface area (Å²) in [4.78, 5) is 26.4. The Hall–Kier alpha value is -3.26. The standard InChI is InChI=1S/C15H10ClN5O3/c16-11-3-6-14(20-9-17-8-18-20)13(7-11)19-15(22)10-1-4-12(5-2-10)21(23)24/h1-9H,(H,19,22). The van der Waals surface area contributed by atoms with E-state index in [4.69, 9.17) is 11.6 Å². The third-order valence-corrected chi connectivity index (χ3v) is 3.45. The van der Waals surface area contributed by atoms with E-state index in [2.05, 4.69) is 15.4 Å². The summed E-state index contributed by atoms with van der Waals surface area (Å²) in [7, 11) is 0. The molecule has 1 N–H and O–H groups in total. The first-order chi connectivity index (χ1) is 11.5. The van der Waals surface area contributed by atoms with Crippen molar-refractivity contribution in [3.8, 4) is 5.69 Å². The van der Waals surface area contributed by atoms with Gasteiger partial charge in [-0.05, 0) is 30.3 Å². The van der Waals surface area contributed by atoms with Gasteiger partial charge in [-0.2, -0.15) is 5.10 Å². The molecule has 1 aromatic heterocycles. The Bertz CT molecular complexity index is 894. The van der Waals surface area contributed by atoms with Crippen molar-refractivity contribution in [2.45, 2.75) is 0 Å². The lowest BCUT2D eigenvalue weighted by molar-refractivity contribution is -0.384. The zero-order valence-electron chi connectivity index (χ0n) is 12.1. The first kappa shape index (κ1) is 15.6. The van der Waals surface area contributed by atoms with Crippen molar-refractivity contribution in [3.63, 3.8) is 0 Å². The lowest BCUT2D eigenvalue weighted by atomic mass is 10.2. The second-order valence-corrected chi connectivity index (χ2v) is 5.20. The van der Waals surface area contributed by atoms with E-state index in [0.717, 1.165) is 0 Å². The number of carbonyl (C=O) groups excluding carboxylic acids is 1. The van der Waals surface area contributed by atoms with Crippen molar-refractivity contribution in [1.82, 2.24) is 14.8 Å². The van der Waals surface area contributed by atoms with E-state index in [-0.39, 0.29) is 11.3 Å². The summed E-state index contributed by atoms with van der Waals surface area (Å²) in [5.41, 5.74) is 1.23. The smallest absolute Gasteiger partial charge is 0.269 e. The van der Waals surface area contributed by atoms with Crippen molar-refractivity contribution in [2.75, 3.05) is 5.32 Å². The summed E-state index contributed by atoms with van der Waals surface area (Å²) >= 11 is 5.99. The minimum Gasteiger partial charge on any atom is -0.320 e. The van der Waals surface area contributed by atoms with Gasteiger partial charge in [0.15, 0.2) is 0 Å². The van der Waals surface area contributed by atoms with Crippen LogP contribution in [-0.2, 0) is 0 Å². The molecule has 3 aromatic rings. The molecule has 8 nitrogen and oxygen atoms in total. The number of aromatic nitrogens is 3. The number of hydrogen-bond acceptors (Lipinski definition) is 5. The van der Waals surface area contributed by atoms with Gasteiger partial charge in [-0.15, -0.1) is 0 Å². The molecule has 0 unspecified atom stereocenters. The molecule has 3 rings (SSSR count). The number of nitro benzene ring substituents is 1. The molecule has 24 heavy (non-hydrogen) atoms. The van der Waals surface area contributed by atoms with Gasteiger partial charge in [0, 0.05) is 22.7 Å². The predicted molar refractivity (Wildman–Crippen MR) is 87.4 cm³/mol. The second kappa shape index (κ2) is 6.47. The van der Waals surface area contributed by atoms with Crippen LogP contribution in [0.3, 0.4) is 0 Å². The summed E-state index contributed by atoms with van der Waals surface area (Å²) in [6.07, 6.45) is 2.86. The fourth-order valence-electron chi connectivity index (χ4n) is 2.07. The van der Waals surface area contributed by atoms with Crippen molar-refractivity contribution in [2.24, 2.45) is 0 Å². The lowest BCUT2D eigenvalue weighted by Gasteiger charge is -2.11. The van der Waals surface area contributed by atoms with Gasteiger partial charge in [-0.1, -0.05) is 11.6 Å². The van der Waals surface area contributed by atoms with Crippen LogP contribution >= 0.6 is 11.6 Å². The summed E-state index contributed by atoms with van der Waals surface area (Å²) in [5.74, 6) is -0.423. The second-order valence-electron chi connectivity index (χ2n) is 4.76. The quantitative estimate of drug-likeness (QED) is 0.579. The summed E-state index contributed by atoms with van der Waals surface area (Å²) < 4.78 is 1.49. The maximum absolute atomic E-state index is 12.4. The number of benzene rings is 2. The monoisotopic (exact) mass is 343 g/mol. The number of amides is 1. The molecule has 0 atom stereocenters. The summed E-state index contributed by atoms with van der Waals surface area (Å²) in [5, 5.41) is 17.9. The third kappa shape index (κ3) is 3.23. The van der Waals surface area contributed by atoms with Crippen LogP contribution in [0.4, 0.5) is 11.4 Å². The number of rotatable bonds is 4. The first-order valence-corrected chi connectivity index (χ1v) is 7.13.